The van der Waals surface area contributed by atoms with Crippen molar-refractivity contribution in [2.45, 2.75) is 34.6 Å². The highest BCUT2D eigenvalue weighted by Crippen LogP contribution is 2.47. The Morgan fingerprint density at radius 2 is 0.966 bits per heavy atom. The first kappa shape index (κ1) is 22.5. The van der Waals surface area contributed by atoms with Gasteiger partial charge in [-0.1, -0.05) is 54.6 Å². The lowest BCUT2D eigenvalue weighted by Crippen LogP contribution is -2.04. The summed E-state index contributed by atoms with van der Waals surface area (Å²) >= 11 is 0. The van der Waals surface area contributed by atoms with Crippen molar-refractivity contribution >= 4 is 7.82 Å². The highest BCUT2D eigenvalue weighted by molar-refractivity contribution is 7.48. The molecule has 3 rings (SSSR count). The molecule has 0 aliphatic carbocycles. The number of phenolic OH excluding ortho intramolecular Hbond substituents is 1. The number of benzene rings is 3. The number of hydrogen-bond acceptors (Lipinski definition) is 4. The quantitative estimate of drug-likeness (QED) is 0.499. The molecular weight excluding hydrogens is 387 g/mol. The molecule has 5 nitrogen and oxygen atoms in total. The second-order valence-corrected chi connectivity index (χ2v) is 8.18. The monoisotopic (exact) mass is 414 g/mol. The Kier molecular flexibility index (Phi) is 7.49. The summed E-state index contributed by atoms with van der Waals surface area (Å²) in [4.78, 5) is 10.0. The van der Waals surface area contributed by atoms with Crippen LogP contribution in [-0.2, 0) is 4.57 Å². The maximum absolute atomic E-state index is 12.3. The Hall–Kier alpha value is -2.75. The van der Waals surface area contributed by atoms with Gasteiger partial charge in [0.25, 0.3) is 0 Å². The number of phenols is 1. The van der Waals surface area contributed by atoms with Crippen molar-refractivity contribution in [3.8, 4) is 17.2 Å². The number of aromatic hydroxyl groups is 1. The van der Waals surface area contributed by atoms with Crippen LogP contribution in [0.25, 0.3) is 0 Å². The Bertz CT molecular complexity index is 911. The Morgan fingerprint density at radius 3 is 1.28 bits per heavy atom. The fourth-order valence-electron chi connectivity index (χ4n) is 2.70. The maximum Gasteiger partial charge on any atom is 0.584 e. The third-order valence-corrected chi connectivity index (χ3v) is 5.17. The van der Waals surface area contributed by atoms with Crippen LogP contribution in [0.15, 0.2) is 60.7 Å². The summed E-state index contributed by atoms with van der Waals surface area (Å²) in [5, 5.41) is 8.92. The molecule has 3 aromatic carbocycles. The molecule has 154 valence electrons. The Balaban J connectivity index is 0.000000313. The van der Waals surface area contributed by atoms with Gasteiger partial charge in [0, 0.05) is 0 Å². The van der Waals surface area contributed by atoms with Crippen molar-refractivity contribution in [3.63, 3.8) is 0 Å². The van der Waals surface area contributed by atoms with Crippen molar-refractivity contribution in [2.75, 3.05) is 0 Å². The van der Waals surface area contributed by atoms with Crippen molar-refractivity contribution in [1.29, 1.82) is 0 Å². The van der Waals surface area contributed by atoms with Crippen LogP contribution >= 0.6 is 7.82 Å². The summed E-state index contributed by atoms with van der Waals surface area (Å²) < 4.78 is 22.8. The van der Waals surface area contributed by atoms with Crippen molar-refractivity contribution < 1.29 is 23.6 Å². The predicted molar refractivity (Wildman–Crippen MR) is 116 cm³/mol. The normalized spacial score (nSPS) is 10.7. The lowest BCUT2D eigenvalue weighted by atomic mass is 10.1. The van der Waals surface area contributed by atoms with Crippen molar-refractivity contribution in [2.24, 2.45) is 0 Å². The Labute approximate surface area is 172 Å². The van der Waals surface area contributed by atoms with E-state index >= 15 is 0 Å². The maximum atomic E-state index is 12.3. The molecule has 0 saturated carbocycles. The van der Waals surface area contributed by atoms with E-state index in [1.807, 2.05) is 89.2 Å². The van der Waals surface area contributed by atoms with E-state index in [-0.39, 0.29) is 0 Å². The first-order valence-corrected chi connectivity index (χ1v) is 10.7. The molecule has 0 aliphatic heterocycles. The fourth-order valence-corrected chi connectivity index (χ4v) is 3.77. The minimum atomic E-state index is -4.24. The molecule has 0 bridgehead atoms. The van der Waals surface area contributed by atoms with E-state index in [0.29, 0.717) is 17.2 Å². The lowest BCUT2D eigenvalue weighted by Gasteiger charge is -2.18. The average Bonchev–Trinajstić information content (AvgIpc) is 2.65. The summed E-state index contributed by atoms with van der Waals surface area (Å²) in [5.41, 5.74) is 4.07. The summed E-state index contributed by atoms with van der Waals surface area (Å²) in [6.07, 6.45) is 0. The molecule has 0 unspecified atom stereocenters. The summed E-state index contributed by atoms with van der Waals surface area (Å²) in [7, 11) is -4.24. The minimum Gasteiger partial charge on any atom is -0.508 e. The molecular formula is C23H27O5P. The number of aryl methyl sites for hydroxylation is 5. The number of hydrogen-bond donors (Lipinski definition) is 2. The standard InChI is InChI=1S/C16H19O4P.C7H8O/c1-11-7-5-8-12(2)15(11)19-21(17,18)20-16-13(3)9-6-10-14(16)4;1-6-4-2-3-5-7(6)8/h5-10H,1-4H3,(H,17,18);2-5,8H,1H3. The minimum absolute atomic E-state index is 0.368. The summed E-state index contributed by atoms with van der Waals surface area (Å²) in [5.74, 6) is 1.14. The summed E-state index contributed by atoms with van der Waals surface area (Å²) in [6.45, 7) is 9.15. The molecule has 0 atom stereocenters. The topological polar surface area (TPSA) is 76.0 Å². The SMILES string of the molecule is Cc1cccc(C)c1OP(=O)(O)Oc1c(C)cccc1C.Cc1ccccc1O. The first-order valence-electron chi connectivity index (χ1n) is 9.19. The van der Waals surface area contributed by atoms with Gasteiger partial charge in [0.05, 0.1) is 0 Å². The van der Waals surface area contributed by atoms with Crippen molar-refractivity contribution in [3.05, 3.63) is 88.5 Å². The second kappa shape index (κ2) is 9.64. The molecule has 6 heteroatoms. The van der Waals surface area contributed by atoms with Gasteiger partial charge in [0.2, 0.25) is 0 Å². The van der Waals surface area contributed by atoms with Gasteiger partial charge >= 0.3 is 7.82 Å². The van der Waals surface area contributed by atoms with Crippen LogP contribution in [0.5, 0.6) is 17.2 Å². The molecule has 0 aromatic heterocycles. The van der Waals surface area contributed by atoms with E-state index in [2.05, 4.69) is 0 Å². The van der Waals surface area contributed by atoms with Crippen LogP contribution < -0.4 is 9.05 Å². The average molecular weight is 414 g/mol. The second-order valence-electron chi connectivity index (χ2n) is 6.88. The van der Waals surface area contributed by atoms with E-state index in [0.717, 1.165) is 27.8 Å². The molecule has 0 saturated heterocycles. The van der Waals surface area contributed by atoms with Gasteiger partial charge in [-0.15, -0.1) is 0 Å². The van der Waals surface area contributed by atoms with E-state index < -0.39 is 7.82 Å². The van der Waals surface area contributed by atoms with Crippen molar-refractivity contribution in [1.82, 2.24) is 0 Å². The lowest BCUT2D eigenvalue weighted by molar-refractivity contribution is 0.288. The van der Waals surface area contributed by atoms with Gasteiger partial charge in [-0.2, -0.15) is 0 Å². The van der Waals surface area contributed by atoms with Gasteiger partial charge < -0.3 is 14.2 Å². The van der Waals surface area contributed by atoms with Gasteiger partial charge in [0.1, 0.15) is 17.2 Å². The summed E-state index contributed by atoms with van der Waals surface area (Å²) in [6, 6.07) is 18.3. The largest absolute Gasteiger partial charge is 0.584 e. The predicted octanol–water partition coefficient (Wildman–Crippen LogP) is 6.18. The molecule has 2 N–H and O–H groups in total. The van der Waals surface area contributed by atoms with Crippen LogP contribution in [0, 0.1) is 34.6 Å². The van der Waals surface area contributed by atoms with E-state index in [1.54, 1.807) is 6.07 Å². The van der Waals surface area contributed by atoms with Gasteiger partial charge in [0.15, 0.2) is 0 Å². The number of phosphoric acid groups is 1. The zero-order valence-electron chi connectivity index (χ0n) is 17.3. The number of rotatable bonds is 4. The molecule has 0 heterocycles. The van der Waals surface area contributed by atoms with Crippen LogP contribution in [0.4, 0.5) is 0 Å². The van der Waals surface area contributed by atoms with E-state index in [9.17, 15) is 9.46 Å². The van der Waals surface area contributed by atoms with Crippen LogP contribution in [0.2, 0.25) is 0 Å². The van der Waals surface area contributed by atoms with Crippen LogP contribution in [-0.4, -0.2) is 10.00 Å². The third kappa shape index (κ3) is 6.38. The highest BCUT2D eigenvalue weighted by atomic mass is 31.2. The molecule has 0 aliphatic rings. The molecule has 29 heavy (non-hydrogen) atoms. The van der Waals surface area contributed by atoms with E-state index in [4.69, 9.17) is 14.2 Å². The highest BCUT2D eigenvalue weighted by Gasteiger charge is 2.28. The van der Waals surface area contributed by atoms with Crippen LogP contribution in [0.1, 0.15) is 27.8 Å². The molecule has 0 fully saturated rings. The first-order chi connectivity index (χ1) is 13.6. The van der Waals surface area contributed by atoms with Crippen LogP contribution in [0.3, 0.4) is 0 Å². The zero-order valence-corrected chi connectivity index (χ0v) is 18.2. The van der Waals surface area contributed by atoms with Gasteiger partial charge in [-0.25, -0.2) is 4.57 Å². The molecule has 0 radical (unpaired) electrons. The molecule has 0 amide bonds. The number of phosphoric ester groups is 1. The van der Waals surface area contributed by atoms with E-state index in [1.165, 1.54) is 0 Å². The smallest absolute Gasteiger partial charge is 0.508 e. The Morgan fingerprint density at radius 1 is 0.621 bits per heavy atom. The fraction of sp³-hybridized carbons (Fsp3) is 0.217. The molecule has 0 spiro atoms. The zero-order chi connectivity index (χ0) is 21.6. The van der Waals surface area contributed by atoms with Gasteiger partial charge in [-0.3, -0.25) is 4.89 Å². The molecule has 3 aromatic rings. The third-order valence-electron chi connectivity index (χ3n) is 4.35. The number of para-hydroxylation sites is 3. The van der Waals surface area contributed by atoms with Gasteiger partial charge in [-0.05, 0) is 68.5 Å².